The van der Waals surface area contributed by atoms with Gasteiger partial charge in [0.1, 0.15) is 18.1 Å². The van der Waals surface area contributed by atoms with Gasteiger partial charge in [0.2, 0.25) is 23.6 Å². The van der Waals surface area contributed by atoms with E-state index in [9.17, 15) is 33.9 Å². The molecule has 0 fully saturated rings. The highest BCUT2D eigenvalue weighted by Crippen LogP contribution is 2.07. The fourth-order valence-electron chi connectivity index (χ4n) is 2.96. The number of amides is 4. The number of aromatic amines is 1. The number of primary amides is 1. The highest BCUT2D eigenvalue weighted by atomic mass is 16.4. The van der Waals surface area contributed by atoms with Crippen LogP contribution >= 0.6 is 0 Å². The van der Waals surface area contributed by atoms with E-state index in [2.05, 4.69) is 25.9 Å². The molecule has 0 aliphatic carbocycles. The van der Waals surface area contributed by atoms with Crippen LogP contribution < -0.4 is 27.4 Å². The van der Waals surface area contributed by atoms with Gasteiger partial charge in [0.05, 0.1) is 18.8 Å². The van der Waals surface area contributed by atoms with Crippen LogP contribution in [0.1, 0.15) is 38.8 Å². The second kappa shape index (κ2) is 13.6. The molecule has 0 spiro atoms. The van der Waals surface area contributed by atoms with Crippen LogP contribution in [0.2, 0.25) is 0 Å². The summed E-state index contributed by atoms with van der Waals surface area (Å²) in [5, 5.41) is 25.1. The summed E-state index contributed by atoms with van der Waals surface area (Å²) in [5.74, 6) is -6.51. The van der Waals surface area contributed by atoms with Crippen molar-refractivity contribution in [3.8, 4) is 0 Å². The van der Waals surface area contributed by atoms with Gasteiger partial charge in [-0.1, -0.05) is 13.8 Å². The van der Waals surface area contributed by atoms with Gasteiger partial charge in [-0.2, -0.15) is 0 Å². The molecule has 4 unspecified atom stereocenters. The van der Waals surface area contributed by atoms with Crippen LogP contribution in [0, 0.1) is 5.92 Å². The number of aliphatic carboxylic acids is 2. The predicted octanol–water partition coefficient (Wildman–Crippen LogP) is -2.79. The Morgan fingerprint density at radius 2 is 1.63 bits per heavy atom. The summed E-state index contributed by atoms with van der Waals surface area (Å²) in [6, 6.07) is -5.30. The lowest BCUT2D eigenvalue weighted by atomic mass is 10.0. The van der Waals surface area contributed by atoms with Crippen molar-refractivity contribution in [3.05, 3.63) is 18.2 Å². The minimum absolute atomic E-state index is 0.0292. The van der Waals surface area contributed by atoms with Crippen LogP contribution in [-0.4, -0.2) is 79.9 Å². The standard InChI is InChI=1S/C20H31N7O8/c1-9(2)16(27-17(31)11(21)3-4-14(22)28)19(33)25-12(5-10-7-23-8-24-10)18(32)26-13(20(34)35)6-15(29)30/h7-9,11-13,16H,3-6,21H2,1-2H3,(H2,22,28)(H,23,24)(H,25,33)(H,26,32)(H,27,31)(H,29,30)(H,34,35). The number of rotatable bonds is 15. The summed E-state index contributed by atoms with van der Waals surface area (Å²) < 4.78 is 0. The number of carboxylic acids is 2. The van der Waals surface area contributed by atoms with E-state index < -0.39 is 72.1 Å². The lowest BCUT2D eigenvalue weighted by Gasteiger charge is -2.26. The van der Waals surface area contributed by atoms with E-state index in [0.29, 0.717) is 5.69 Å². The van der Waals surface area contributed by atoms with Crippen molar-refractivity contribution in [2.24, 2.45) is 17.4 Å². The second-order valence-corrected chi connectivity index (χ2v) is 8.18. The molecule has 0 aromatic carbocycles. The number of nitrogens with one attached hydrogen (secondary N) is 4. The quantitative estimate of drug-likeness (QED) is 0.123. The number of H-pyrrole nitrogens is 1. The Kier molecular flexibility index (Phi) is 11.3. The lowest BCUT2D eigenvalue weighted by molar-refractivity contribution is -0.147. The first-order valence-corrected chi connectivity index (χ1v) is 10.7. The first-order chi connectivity index (χ1) is 16.3. The average molecular weight is 498 g/mol. The molecule has 1 heterocycles. The van der Waals surface area contributed by atoms with Gasteiger partial charge in [-0.05, 0) is 12.3 Å². The van der Waals surface area contributed by atoms with Crippen molar-refractivity contribution in [3.63, 3.8) is 0 Å². The van der Waals surface area contributed by atoms with Crippen LogP contribution in [0.5, 0.6) is 0 Å². The average Bonchev–Trinajstić information content (AvgIpc) is 3.26. The third-order valence-corrected chi connectivity index (χ3v) is 4.89. The van der Waals surface area contributed by atoms with Crippen molar-refractivity contribution in [2.45, 2.75) is 63.7 Å². The highest BCUT2D eigenvalue weighted by Gasteiger charge is 2.32. The number of hydrogen-bond acceptors (Lipinski definition) is 8. The zero-order valence-corrected chi connectivity index (χ0v) is 19.3. The van der Waals surface area contributed by atoms with E-state index in [1.54, 1.807) is 13.8 Å². The van der Waals surface area contributed by atoms with Gasteiger partial charge in [-0.15, -0.1) is 0 Å². The molecule has 0 aliphatic heterocycles. The van der Waals surface area contributed by atoms with Crippen molar-refractivity contribution < 1.29 is 39.0 Å². The minimum Gasteiger partial charge on any atom is -0.481 e. The number of nitrogens with zero attached hydrogens (tertiary/aromatic N) is 1. The molecule has 1 rings (SSSR count). The molecule has 1 aromatic heterocycles. The fourth-order valence-corrected chi connectivity index (χ4v) is 2.96. The first kappa shape index (κ1) is 29.0. The van der Waals surface area contributed by atoms with E-state index in [0.717, 1.165) is 0 Å². The molecule has 10 N–H and O–H groups in total. The van der Waals surface area contributed by atoms with Crippen LogP contribution in [0.15, 0.2) is 12.5 Å². The molecule has 0 saturated heterocycles. The Balaban J connectivity index is 3.01. The molecular formula is C20H31N7O8. The van der Waals surface area contributed by atoms with Crippen molar-refractivity contribution in [1.29, 1.82) is 0 Å². The van der Waals surface area contributed by atoms with Gasteiger partial charge in [0, 0.05) is 24.7 Å². The van der Waals surface area contributed by atoms with E-state index in [-0.39, 0.29) is 19.3 Å². The monoisotopic (exact) mass is 497 g/mol. The number of carbonyl (C=O) groups is 6. The molecule has 194 valence electrons. The smallest absolute Gasteiger partial charge is 0.326 e. The molecular weight excluding hydrogens is 466 g/mol. The van der Waals surface area contributed by atoms with Gasteiger partial charge in [0.15, 0.2) is 0 Å². The minimum atomic E-state index is -1.73. The molecule has 4 amide bonds. The zero-order chi connectivity index (χ0) is 26.7. The Hall–Kier alpha value is -4.01. The summed E-state index contributed by atoms with van der Waals surface area (Å²) in [4.78, 5) is 77.9. The Bertz CT molecular complexity index is 919. The molecule has 0 aliphatic rings. The predicted molar refractivity (Wildman–Crippen MR) is 119 cm³/mol. The maximum atomic E-state index is 13.0. The summed E-state index contributed by atoms with van der Waals surface area (Å²) >= 11 is 0. The molecule has 15 heteroatoms. The van der Waals surface area contributed by atoms with Crippen LogP contribution in [0.4, 0.5) is 0 Å². The van der Waals surface area contributed by atoms with Gasteiger partial charge in [0.25, 0.3) is 0 Å². The summed E-state index contributed by atoms with van der Waals surface area (Å²) in [5.41, 5.74) is 11.2. The third-order valence-electron chi connectivity index (χ3n) is 4.89. The topological polar surface area (TPSA) is 260 Å². The summed E-state index contributed by atoms with van der Waals surface area (Å²) in [7, 11) is 0. The van der Waals surface area contributed by atoms with Crippen molar-refractivity contribution >= 4 is 35.6 Å². The summed E-state index contributed by atoms with van der Waals surface area (Å²) in [6.45, 7) is 3.27. The Labute approximate surface area is 200 Å². The number of aromatic nitrogens is 2. The molecule has 0 bridgehead atoms. The van der Waals surface area contributed by atoms with E-state index in [1.165, 1.54) is 12.5 Å². The SMILES string of the molecule is CC(C)C(NC(=O)C(N)CCC(N)=O)C(=O)NC(Cc1cnc[nH]1)C(=O)NC(CC(=O)O)C(=O)O. The van der Waals surface area contributed by atoms with Crippen molar-refractivity contribution in [1.82, 2.24) is 25.9 Å². The number of nitrogens with two attached hydrogens (primary N) is 2. The normalized spacial score (nSPS) is 14.3. The summed E-state index contributed by atoms with van der Waals surface area (Å²) in [6.07, 6.45) is 1.56. The van der Waals surface area contributed by atoms with Gasteiger partial charge in [-0.3, -0.25) is 24.0 Å². The molecule has 35 heavy (non-hydrogen) atoms. The van der Waals surface area contributed by atoms with E-state index in [4.69, 9.17) is 16.6 Å². The van der Waals surface area contributed by atoms with E-state index in [1.807, 2.05) is 0 Å². The fraction of sp³-hybridized carbons (Fsp3) is 0.550. The number of carboxylic acid groups (broad SMARTS) is 2. The van der Waals surface area contributed by atoms with E-state index >= 15 is 0 Å². The molecule has 4 atom stereocenters. The van der Waals surface area contributed by atoms with Crippen LogP contribution in [0.25, 0.3) is 0 Å². The molecule has 0 radical (unpaired) electrons. The van der Waals surface area contributed by atoms with Crippen LogP contribution in [-0.2, 0) is 35.2 Å². The van der Waals surface area contributed by atoms with Gasteiger partial charge in [-0.25, -0.2) is 9.78 Å². The maximum absolute atomic E-state index is 13.0. The van der Waals surface area contributed by atoms with Gasteiger partial charge < -0.3 is 42.6 Å². The largest absolute Gasteiger partial charge is 0.481 e. The number of imidazole rings is 1. The number of hydrogen-bond donors (Lipinski definition) is 8. The first-order valence-electron chi connectivity index (χ1n) is 10.7. The Morgan fingerprint density at radius 3 is 2.11 bits per heavy atom. The Morgan fingerprint density at radius 1 is 1.00 bits per heavy atom. The second-order valence-electron chi connectivity index (χ2n) is 8.18. The number of carbonyl (C=O) groups excluding carboxylic acids is 4. The highest BCUT2D eigenvalue weighted by molar-refractivity contribution is 5.95. The molecule has 15 nitrogen and oxygen atoms in total. The van der Waals surface area contributed by atoms with Crippen LogP contribution in [0.3, 0.4) is 0 Å². The maximum Gasteiger partial charge on any atom is 0.326 e. The van der Waals surface area contributed by atoms with Gasteiger partial charge >= 0.3 is 11.9 Å². The lowest BCUT2D eigenvalue weighted by Crippen LogP contribution is -2.59. The third kappa shape index (κ3) is 10.2. The zero-order valence-electron chi connectivity index (χ0n) is 19.3. The van der Waals surface area contributed by atoms with Crippen molar-refractivity contribution in [2.75, 3.05) is 0 Å². The molecule has 1 aromatic rings. The molecule has 0 saturated carbocycles.